The quantitative estimate of drug-likeness (QED) is 0.299. The zero-order chi connectivity index (χ0) is 22.3. The highest BCUT2D eigenvalue weighted by Gasteiger charge is 2.31. The average Bonchev–Trinajstić information content (AvgIpc) is 3.26. The lowest BCUT2D eigenvalue weighted by atomic mass is 9.95. The van der Waals surface area contributed by atoms with Gasteiger partial charge in [0.2, 0.25) is 0 Å². The second-order valence-corrected chi connectivity index (χ2v) is 7.38. The molecule has 30 heavy (non-hydrogen) atoms. The van der Waals surface area contributed by atoms with Gasteiger partial charge in [0, 0.05) is 30.4 Å². The Morgan fingerprint density at radius 1 is 1.37 bits per heavy atom. The molecular weight excluding hydrogens is 391 g/mol. The summed E-state index contributed by atoms with van der Waals surface area (Å²) in [5.41, 5.74) is 0.807. The highest BCUT2D eigenvalue weighted by molar-refractivity contribution is 6.02. The van der Waals surface area contributed by atoms with Crippen molar-refractivity contribution in [2.75, 3.05) is 7.05 Å². The maximum atomic E-state index is 12.9. The molecule has 8 heteroatoms. The molecule has 1 fully saturated rings. The van der Waals surface area contributed by atoms with Crippen LogP contribution in [-0.2, 0) is 6.18 Å². The first kappa shape index (κ1) is 23.6. The van der Waals surface area contributed by atoms with E-state index in [4.69, 9.17) is 5.41 Å². The zero-order valence-corrected chi connectivity index (χ0v) is 17.7. The van der Waals surface area contributed by atoms with Crippen molar-refractivity contribution >= 4 is 11.5 Å². The highest BCUT2D eigenvalue weighted by atomic mass is 19.4. The predicted octanol–water partition coefficient (Wildman–Crippen LogP) is 5.39. The SMILES string of the molecule is C=C/C(C(=N)C1CCCC1)=C(\N=C(\C)NC)NC(CC)c1ccc(C(F)(F)F)cn1. The largest absolute Gasteiger partial charge is 0.417 e. The fourth-order valence-corrected chi connectivity index (χ4v) is 3.49. The number of pyridine rings is 1. The number of aliphatic imine (C=N–C) groups is 1. The van der Waals surface area contributed by atoms with Gasteiger partial charge in [-0.15, -0.1) is 0 Å². The molecule has 0 amide bonds. The summed E-state index contributed by atoms with van der Waals surface area (Å²) in [5, 5.41) is 14.9. The van der Waals surface area contributed by atoms with Gasteiger partial charge < -0.3 is 16.0 Å². The lowest BCUT2D eigenvalue weighted by Crippen LogP contribution is -2.26. The summed E-state index contributed by atoms with van der Waals surface area (Å²) in [6.45, 7) is 7.60. The normalized spacial score (nSPS) is 17.3. The van der Waals surface area contributed by atoms with Crippen LogP contribution in [0, 0.1) is 11.3 Å². The van der Waals surface area contributed by atoms with E-state index in [1.54, 1.807) is 20.0 Å². The Morgan fingerprint density at radius 3 is 2.50 bits per heavy atom. The minimum Gasteiger partial charge on any atom is -0.377 e. The molecule has 1 atom stereocenters. The molecule has 1 aromatic heterocycles. The topological polar surface area (TPSA) is 73.2 Å². The van der Waals surface area contributed by atoms with Crippen molar-refractivity contribution in [3.8, 4) is 0 Å². The van der Waals surface area contributed by atoms with E-state index in [0.29, 0.717) is 35.1 Å². The van der Waals surface area contributed by atoms with Gasteiger partial charge in [-0.25, -0.2) is 4.99 Å². The van der Waals surface area contributed by atoms with Crippen LogP contribution < -0.4 is 10.6 Å². The third kappa shape index (κ3) is 5.93. The van der Waals surface area contributed by atoms with E-state index in [-0.39, 0.29) is 12.0 Å². The molecule has 1 aromatic rings. The van der Waals surface area contributed by atoms with Crippen LogP contribution >= 0.6 is 0 Å². The first-order valence-corrected chi connectivity index (χ1v) is 10.2. The molecule has 5 nitrogen and oxygen atoms in total. The van der Waals surface area contributed by atoms with E-state index in [1.807, 2.05) is 6.92 Å². The Bertz CT molecular complexity index is 803. The second kappa shape index (κ2) is 10.4. The molecule has 0 aromatic carbocycles. The van der Waals surface area contributed by atoms with Gasteiger partial charge in [0.05, 0.1) is 17.3 Å². The molecule has 1 unspecified atom stereocenters. The molecular formula is C22H30F3N5. The Labute approximate surface area is 176 Å². The standard InChI is InChI=1S/C22H30F3N5/c1-5-17(20(26)15-9-7-8-10-15)21(29-14(3)27-4)30-18(6-2)19-12-11-16(13-28-19)22(23,24)25/h5,11-13,15,18,26,30H,1,6-10H2,2-4H3,(H,27,29)/b21-17-,26-20?. The zero-order valence-electron chi connectivity index (χ0n) is 17.7. The van der Waals surface area contributed by atoms with Crippen LogP contribution in [-0.4, -0.2) is 23.6 Å². The molecule has 1 saturated carbocycles. The van der Waals surface area contributed by atoms with Gasteiger partial charge in [0.15, 0.2) is 0 Å². The van der Waals surface area contributed by atoms with Gasteiger partial charge in [-0.05, 0) is 38.3 Å². The second-order valence-electron chi connectivity index (χ2n) is 7.38. The maximum Gasteiger partial charge on any atom is 0.417 e. The molecule has 0 aliphatic heterocycles. The van der Waals surface area contributed by atoms with E-state index in [9.17, 15) is 13.2 Å². The Balaban J connectivity index is 2.40. The Kier molecular flexibility index (Phi) is 8.20. The Morgan fingerprint density at radius 2 is 2.03 bits per heavy atom. The van der Waals surface area contributed by atoms with Crippen LogP contribution in [0.25, 0.3) is 0 Å². The molecule has 0 radical (unpaired) electrons. The van der Waals surface area contributed by atoms with Gasteiger partial charge in [-0.3, -0.25) is 4.98 Å². The first-order chi connectivity index (χ1) is 14.2. The number of hydrogen-bond donors (Lipinski definition) is 3. The number of rotatable bonds is 8. The number of halogens is 3. The van der Waals surface area contributed by atoms with Crippen molar-refractivity contribution in [1.29, 1.82) is 5.41 Å². The summed E-state index contributed by atoms with van der Waals surface area (Å²) >= 11 is 0. The van der Waals surface area contributed by atoms with E-state index < -0.39 is 11.7 Å². The van der Waals surface area contributed by atoms with Crippen LogP contribution in [0.15, 0.2) is 47.4 Å². The van der Waals surface area contributed by atoms with Crippen LogP contribution in [0.4, 0.5) is 13.2 Å². The highest BCUT2D eigenvalue weighted by Crippen LogP contribution is 2.31. The number of allylic oxidation sites excluding steroid dienone is 2. The third-order valence-corrected chi connectivity index (χ3v) is 5.34. The summed E-state index contributed by atoms with van der Waals surface area (Å²) in [4.78, 5) is 8.61. The van der Waals surface area contributed by atoms with Crippen molar-refractivity contribution in [1.82, 2.24) is 15.6 Å². The molecule has 0 spiro atoms. The minimum absolute atomic E-state index is 0.171. The summed E-state index contributed by atoms with van der Waals surface area (Å²) in [7, 11) is 1.75. The number of nitrogens with one attached hydrogen (secondary N) is 3. The molecule has 2 rings (SSSR count). The summed E-state index contributed by atoms with van der Waals surface area (Å²) in [6, 6.07) is 2.06. The molecule has 1 aliphatic carbocycles. The van der Waals surface area contributed by atoms with Crippen molar-refractivity contribution in [3.05, 3.63) is 53.6 Å². The van der Waals surface area contributed by atoms with Gasteiger partial charge in [-0.1, -0.05) is 32.4 Å². The lowest BCUT2D eigenvalue weighted by Gasteiger charge is -2.22. The smallest absolute Gasteiger partial charge is 0.377 e. The fourth-order valence-electron chi connectivity index (χ4n) is 3.49. The van der Waals surface area contributed by atoms with Gasteiger partial charge >= 0.3 is 6.18 Å². The molecule has 3 N–H and O–H groups in total. The van der Waals surface area contributed by atoms with Gasteiger partial charge in [0.1, 0.15) is 11.7 Å². The van der Waals surface area contributed by atoms with Gasteiger partial charge in [-0.2, -0.15) is 13.2 Å². The van der Waals surface area contributed by atoms with Crippen molar-refractivity contribution in [2.24, 2.45) is 10.9 Å². The van der Waals surface area contributed by atoms with Crippen molar-refractivity contribution < 1.29 is 13.2 Å². The molecule has 0 saturated heterocycles. The van der Waals surface area contributed by atoms with Crippen LogP contribution in [0.3, 0.4) is 0 Å². The number of amidine groups is 1. The van der Waals surface area contributed by atoms with E-state index in [2.05, 4.69) is 27.2 Å². The minimum atomic E-state index is -4.42. The van der Waals surface area contributed by atoms with Crippen molar-refractivity contribution in [3.63, 3.8) is 0 Å². The molecule has 0 bridgehead atoms. The first-order valence-electron chi connectivity index (χ1n) is 10.2. The molecule has 164 valence electrons. The van der Waals surface area contributed by atoms with Crippen LogP contribution in [0.1, 0.15) is 63.3 Å². The number of hydrogen-bond acceptors (Lipinski definition) is 4. The van der Waals surface area contributed by atoms with Crippen molar-refractivity contribution in [2.45, 2.75) is 58.2 Å². The fraction of sp³-hybridized carbons (Fsp3) is 0.500. The summed E-state index contributed by atoms with van der Waals surface area (Å²) < 4.78 is 38.6. The lowest BCUT2D eigenvalue weighted by molar-refractivity contribution is -0.137. The molecule has 1 heterocycles. The van der Waals surface area contributed by atoms with E-state index in [1.165, 1.54) is 6.07 Å². The number of alkyl halides is 3. The average molecular weight is 422 g/mol. The summed E-state index contributed by atoms with van der Waals surface area (Å²) in [5.74, 6) is 1.29. The maximum absolute atomic E-state index is 12.9. The van der Waals surface area contributed by atoms with Crippen LogP contribution in [0.2, 0.25) is 0 Å². The molecule has 1 aliphatic rings. The number of nitrogens with zero attached hydrogens (tertiary/aromatic N) is 2. The third-order valence-electron chi connectivity index (χ3n) is 5.34. The Hall–Kier alpha value is -2.64. The summed E-state index contributed by atoms with van der Waals surface area (Å²) in [6.07, 6.45) is 2.77. The monoisotopic (exact) mass is 421 g/mol. The number of aromatic nitrogens is 1. The predicted molar refractivity (Wildman–Crippen MR) is 114 cm³/mol. The van der Waals surface area contributed by atoms with E-state index >= 15 is 0 Å². The van der Waals surface area contributed by atoms with Crippen LogP contribution in [0.5, 0.6) is 0 Å². The van der Waals surface area contributed by atoms with E-state index in [0.717, 1.165) is 37.9 Å². The van der Waals surface area contributed by atoms with Gasteiger partial charge in [0.25, 0.3) is 0 Å².